The fourth-order valence-electron chi connectivity index (χ4n) is 2.89. The van der Waals surface area contributed by atoms with Crippen LogP contribution in [0.5, 0.6) is 0 Å². The normalized spacial score (nSPS) is 16.0. The summed E-state index contributed by atoms with van der Waals surface area (Å²) in [6, 6.07) is 2.60. The average Bonchev–Trinajstić information content (AvgIpc) is 2.57. The Morgan fingerprint density at radius 3 is 2.57 bits per heavy atom. The Morgan fingerprint density at radius 2 is 1.96 bits per heavy atom. The van der Waals surface area contributed by atoms with Crippen LogP contribution in [0.15, 0.2) is 34.9 Å². The molecule has 2 amide bonds. The van der Waals surface area contributed by atoms with E-state index in [1.54, 1.807) is 6.07 Å². The quantitative estimate of drug-likeness (QED) is 0.632. The first-order valence-electron chi connectivity index (χ1n) is 9.40. The maximum Gasteiger partial charge on any atom is 0.319 e. The van der Waals surface area contributed by atoms with E-state index in [0.717, 1.165) is 23.1 Å². The molecule has 1 aromatic carbocycles. The van der Waals surface area contributed by atoms with E-state index in [1.807, 2.05) is 32.9 Å². The van der Waals surface area contributed by atoms with Crippen LogP contribution < -0.4 is 10.6 Å². The van der Waals surface area contributed by atoms with Crippen LogP contribution in [0, 0.1) is 23.6 Å². The number of halogens is 1. The number of nitrogens with zero attached hydrogens (tertiary/aromatic N) is 1. The third-order valence-corrected chi connectivity index (χ3v) is 4.57. The van der Waals surface area contributed by atoms with Gasteiger partial charge >= 0.3 is 6.03 Å². The van der Waals surface area contributed by atoms with Gasteiger partial charge in [0.25, 0.3) is 0 Å². The van der Waals surface area contributed by atoms with Crippen molar-refractivity contribution in [3.8, 4) is 0 Å². The Bertz CT molecular complexity index is 889. The Labute approximate surface area is 166 Å². The van der Waals surface area contributed by atoms with Crippen molar-refractivity contribution in [2.24, 2.45) is 10.4 Å². The van der Waals surface area contributed by atoms with Gasteiger partial charge < -0.3 is 10.6 Å². The number of amidine groups is 1. The highest BCUT2D eigenvalue weighted by Gasteiger charge is 2.19. The lowest BCUT2D eigenvalue weighted by molar-refractivity contribution is 0.250. The summed E-state index contributed by atoms with van der Waals surface area (Å²) in [6.07, 6.45) is 4.51. The molecule has 6 heteroatoms. The number of allylic oxidation sites excluding steroid dienone is 2. The monoisotopic (exact) mass is 384 g/mol. The standard InChI is InChI=1S/C22H29FN4O/c1-7-15-11-17(14(3)26-20(15)24)16-12-19(18(23)10-13(16)2)27-21(28)25-9-8-22(4,5)6/h7,10-12,24H,8-9H2,1-6H3,(H2,25,27,28)/b15-7-,24-20?. The van der Waals surface area contributed by atoms with Crippen molar-refractivity contribution < 1.29 is 9.18 Å². The van der Waals surface area contributed by atoms with E-state index < -0.39 is 11.8 Å². The average molecular weight is 384 g/mol. The maximum absolute atomic E-state index is 14.4. The van der Waals surface area contributed by atoms with E-state index in [2.05, 4.69) is 36.4 Å². The molecule has 1 heterocycles. The van der Waals surface area contributed by atoms with E-state index in [0.29, 0.717) is 17.8 Å². The molecule has 5 nitrogen and oxygen atoms in total. The number of rotatable bonds is 4. The number of anilines is 1. The zero-order valence-corrected chi connectivity index (χ0v) is 17.5. The zero-order valence-electron chi connectivity index (χ0n) is 17.5. The fourth-order valence-corrected chi connectivity index (χ4v) is 2.89. The molecule has 0 saturated heterocycles. The molecule has 0 aromatic heterocycles. The summed E-state index contributed by atoms with van der Waals surface area (Å²) in [5.74, 6) is -0.280. The van der Waals surface area contributed by atoms with Crippen LogP contribution >= 0.6 is 0 Å². The topological polar surface area (TPSA) is 77.3 Å². The lowest BCUT2D eigenvalue weighted by Crippen LogP contribution is -2.31. The van der Waals surface area contributed by atoms with Crippen LogP contribution in [0.4, 0.5) is 14.9 Å². The highest BCUT2D eigenvalue weighted by Crippen LogP contribution is 2.30. The predicted octanol–water partition coefficient (Wildman–Crippen LogP) is 5.47. The van der Waals surface area contributed by atoms with Crippen molar-refractivity contribution in [1.82, 2.24) is 5.32 Å². The second-order valence-corrected chi connectivity index (χ2v) is 8.19. The number of nitrogens with one attached hydrogen (secondary N) is 3. The first kappa shape index (κ1) is 21.5. The molecule has 150 valence electrons. The Balaban J connectivity index is 2.27. The number of hydrogen-bond acceptors (Lipinski definition) is 2. The van der Waals surface area contributed by atoms with Crippen molar-refractivity contribution in [2.75, 3.05) is 11.9 Å². The van der Waals surface area contributed by atoms with Crippen LogP contribution in [0.2, 0.25) is 0 Å². The first-order valence-corrected chi connectivity index (χ1v) is 9.40. The van der Waals surface area contributed by atoms with Gasteiger partial charge in [-0.05, 0) is 61.9 Å². The lowest BCUT2D eigenvalue weighted by Gasteiger charge is -2.19. The molecule has 0 bridgehead atoms. The summed E-state index contributed by atoms with van der Waals surface area (Å²) in [6.45, 7) is 12.3. The van der Waals surface area contributed by atoms with E-state index in [9.17, 15) is 9.18 Å². The molecule has 28 heavy (non-hydrogen) atoms. The minimum atomic E-state index is -0.489. The molecule has 0 atom stereocenters. The van der Waals surface area contributed by atoms with Crippen molar-refractivity contribution in [3.63, 3.8) is 0 Å². The largest absolute Gasteiger partial charge is 0.338 e. The van der Waals surface area contributed by atoms with Gasteiger partial charge in [-0.15, -0.1) is 0 Å². The number of carbonyl (C=O) groups excluding carboxylic acids is 1. The van der Waals surface area contributed by atoms with Crippen molar-refractivity contribution in [1.29, 1.82) is 5.41 Å². The molecule has 0 fully saturated rings. The molecule has 1 aliphatic rings. The van der Waals surface area contributed by atoms with Crippen LogP contribution in [-0.2, 0) is 0 Å². The van der Waals surface area contributed by atoms with Crippen LogP contribution in [0.25, 0.3) is 5.57 Å². The summed E-state index contributed by atoms with van der Waals surface area (Å²) in [5, 5.41) is 13.3. The van der Waals surface area contributed by atoms with Gasteiger partial charge in [0.05, 0.1) is 5.69 Å². The molecule has 2 rings (SSSR count). The van der Waals surface area contributed by atoms with Crippen LogP contribution in [0.3, 0.4) is 0 Å². The number of aliphatic imine (C=N–C) groups is 1. The third-order valence-electron chi connectivity index (χ3n) is 4.57. The van der Waals surface area contributed by atoms with Gasteiger partial charge in [-0.3, -0.25) is 5.41 Å². The zero-order chi connectivity index (χ0) is 21.1. The van der Waals surface area contributed by atoms with Crippen LogP contribution in [-0.4, -0.2) is 24.1 Å². The lowest BCUT2D eigenvalue weighted by atomic mass is 9.92. The van der Waals surface area contributed by atoms with Gasteiger partial charge in [-0.2, -0.15) is 0 Å². The van der Waals surface area contributed by atoms with Crippen molar-refractivity contribution in [2.45, 2.75) is 48.0 Å². The van der Waals surface area contributed by atoms with Crippen LogP contribution in [0.1, 0.15) is 52.2 Å². The summed E-state index contributed by atoms with van der Waals surface area (Å²) >= 11 is 0. The number of hydrogen-bond donors (Lipinski definition) is 3. The van der Waals surface area contributed by atoms with Gasteiger partial charge in [0.2, 0.25) is 0 Å². The van der Waals surface area contributed by atoms with Crippen molar-refractivity contribution in [3.05, 3.63) is 46.8 Å². The minimum Gasteiger partial charge on any atom is -0.338 e. The molecule has 1 aliphatic heterocycles. The first-order chi connectivity index (χ1) is 13.0. The molecule has 3 N–H and O–H groups in total. The minimum absolute atomic E-state index is 0.109. The smallest absolute Gasteiger partial charge is 0.319 e. The number of aryl methyl sites for hydroxylation is 1. The highest BCUT2D eigenvalue weighted by molar-refractivity contribution is 6.31. The maximum atomic E-state index is 14.4. The van der Waals surface area contributed by atoms with Gasteiger partial charge in [-0.1, -0.05) is 26.8 Å². The Kier molecular flexibility index (Phi) is 6.54. The number of urea groups is 1. The number of amides is 2. The molecular formula is C22H29FN4O. The predicted molar refractivity (Wildman–Crippen MR) is 115 cm³/mol. The Morgan fingerprint density at radius 1 is 1.29 bits per heavy atom. The molecule has 0 radical (unpaired) electrons. The van der Waals surface area contributed by atoms with Gasteiger partial charge in [0, 0.05) is 23.4 Å². The van der Waals surface area contributed by atoms with Gasteiger partial charge in [-0.25, -0.2) is 14.2 Å². The highest BCUT2D eigenvalue weighted by atomic mass is 19.1. The summed E-state index contributed by atoms with van der Waals surface area (Å²) in [7, 11) is 0. The third kappa shape index (κ3) is 5.38. The number of dihydropyridines is 1. The van der Waals surface area contributed by atoms with Crippen molar-refractivity contribution >= 4 is 28.8 Å². The molecule has 0 spiro atoms. The van der Waals surface area contributed by atoms with E-state index in [4.69, 9.17) is 5.41 Å². The van der Waals surface area contributed by atoms with Gasteiger partial charge in [0.15, 0.2) is 5.84 Å². The molecule has 0 aliphatic carbocycles. The van der Waals surface area contributed by atoms with Gasteiger partial charge in [0.1, 0.15) is 5.82 Å². The molecule has 0 unspecified atom stereocenters. The summed E-state index contributed by atoms with van der Waals surface area (Å²) in [4.78, 5) is 16.4. The van der Waals surface area contributed by atoms with E-state index in [1.165, 1.54) is 6.07 Å². The second-order valence-electron chi connectivity index (χ2n) is 8.19. The Hall–Kier alpha value is -2.76. The fraction of sp³-hybridized carbons (Fsp3) is 0.409. The molecular weight excluding hydrogens is 355 g/mol. The second kappa shape index (κ2) is 8.50. The number of carbonyl (C=O) groups is 1. The van der Waals surface area contributed by atoms with E-state index in [-0.39, 0.29) is 16.9 Å². The summed E-state index contributed by atoms with van der Waals surface area (Å²) in [5.41, 5.74) is 3.95. The summed E-state index contributed by atoms with van der Waals surface area (Å²) < 4.78 is 14.4. The van der Waals surface area contributed by atoms with E-state index >= 15 is 0 Å². The SMILES string of the molecule is C/C=C1/C=C(c2cc(NC(=O)NCCC(C)(C)C)c(F)cc2C)C(C)=NC1=N. The molecule has 1 aromatic rings. The molecule has 0 saturated carbocycles. The number of benzene rings is 1.